The summed E-state index contributed by atoms with van der Waals surface area (Å²) in [6.07, 6.45) is 3.08. The first kappa shape index (κ1) is 13.6. The summed E-state index contributed by atoms with van der Waals surface area (Å²) in [5, 5.41) is 15.1. The molecule has 1 aliphatic rings. The molecule has 2 N–H and O–H groups in total. The smallest absolute Gasteiger partial charge is 0.233 e. The maximum atomic E-state index is 11.8. The minimum atomic E-state index is -0.0210. The zero-order valence-electron chi connectivity index (χ0n) is 10.6. The minimum Gasteiger partial charge on any atom is -0.358 e. The Morgan fingerprint density at radius 3 is 3.06 bits per heavy atom. The van der Waals surface area contributed by atoms with E-state index in [1.807, 2.05) is 0 Å². The Labute approximate surface area is 115 Å². The van der Waals surface area contributed by atoms with Crippen LogP contribution in [0.15, 0.2) is 4.34 Å². The number of rotatable bonds is 4. The van der Waals surface area contributed by atoms with Gasteiger partial charge in [0.2, 0.25) is 11.0 Å². The van der Waals surface area contributed by atoms with Crippen molar-refractivity contribution in [3.05, 3.63) is 0 Å². The fraction of sp³-hybridized carbons (Fsp3) is 0.727. The summed E-state index contributed by atoms with van der Waals surface area (Å²) in [5.41, 5.74) is 0. The van der Waals surface area contributed by atoms with Gasteiger partial charge in [0, 0.05) is 12.6 Å². The molecule has 5 nitrogen and oxygen atoms in total. The molecule has 1 saturated heterocycles. The van der Waals surface area contributed by atoms with Gasteiger partial charge in [0.05, 0.1) is 5.25 Å². The van der Waals surface area contributed by atoms with Crippen molar-refractivity contribution in [2.24, 2.45) is 0 Å². The molecular formula is C11H18N4OS2. The second-order valence-corrected chi connectivity index (χ2v) is 6.99. The van der Waals surface area contributed by atoms with Gasteiger partial charge in [-0.25, -0.2) is 0 Å². The number of nitrogens with one attached hydrogen (secondary N) is 2. The van der Waals surface area contributed by atoms with E-state index in [2.05, 4.69) is 34.7 Å². The van der Waals surface area contributed by atoms with Crippen molar-refractivity contribution >= 4 is 34.1 Å². The van der Waals surface area contributed by atoms with E-state index in [1.54, 1.807) is 0 Å². The van der Waals surface area contributed by atoms with E-state index in [-0.39, 0.29) is 11.2 Å². The van der Waals surface area contributed by atoms with Gasteiger partial charge < -0.3 is 10.6 Å². The largest absolute Gasteiger partial charge is 0.358 e. The molecule has 0 unspecified atom stereocenters. The Bertz CT molecular complexity index is 408. The number of hydrogen-bond acceptors (Lipinski definition) is 6. The standard InChI is InChI=1S/C11H18N4OS2/c1-7(2)13-10-14-15-11(18-10)17-8-5-3-4-6-12-9(8)16/h7-8H,3-6H2,1-2H3,(H,12,16)(H,13,14)/t8-/m1/s1. The first-order valence-corrected chi connectivity index (χ1v) is 7.89. The summed E-state index contributed by atoms with van der Waals surface area (Å²) >= 11 is 3.04. The van der Waals surface area contributed by atoms with Gasteiger partial charge in [-0.1, -0.05) is 29.5 Å². The van der Waals surface area contributed by atoms with Crippen molar-refractivity contribution in [2.45, 2.75) is 48.7 Å². The van der Waals surface area contributed by atoms with Gasteiger partial charge >= 0.3 is 0 Å². The van der Waals surface area contributed by atoms with Crippen molar-refractivity contribution in [3.8, 4) is 0 Å². The highest BCUT2D eigenvalue weighted by Gasteiger charge is 2.23. The predicted octanol–water partition coefficient (Wildman–Crippen LogP) is 2.12. The van der Waals surface area contributed by atoms with E-state index in [4.69, 9.17) is 0 Å². The third-order valence-corrected chi connectivity index (χ3v) is 4.75. The van der Waals surface area contributed by atoms with Crippen LogP contribution in [0, 0.1) is 0 Å². The molecule has 18 heavy (non-hydrogen) atoms. The van der Waals surface area contributed by atoms with Gasteiger partial charge in [-0.3, -0.25) is 4.79 Å². The molecule has 0 spiro atoms. The van der Waals surface area contributed by atoms with Crippen LogP contribution < -0.4 is 10.6 Å². The van der Waals surface area contributed by atoms with E-state index >= 15 is 0 Å². The Hall–Kier alpha value is -0.820. The molecule has 0 aliphatic carbocycles. The van der Waals surface area contributed by atoms with Gasteiger partial charge in [0.15, 0.2) is 4.34 Å². The second kappa shape index (κ2) is 6.38. The van der Waals surface area contributed by atoms with Crippen molar-refractivity contribution in [1.29, 1.82) is 0 Å². The van der Waals surface area contributed by atoms with E-state index in [1.165, 1.54) is 23.1 Å². The highest BCUT2D eigenvalue weighted by atomic mass is 32.2. The van der Waals surface area contributed by atoms with E-state index in [0.29, 0.717) is 6.04 Å². The summed E-state index contributed by atoms with van der Waals surface area (Å²) in [5.74, 6) is 0.131. The number of aromatic nitrogens is 2. The molecular weight excluding hydrogens is 268 g/mol. The maximum absolute atomic E-state index is 11.8. The number of thioether (sulfide) groups is 1. The number of amides is 1. The van der Waals surface area contributed by atoms with Crippen LogP contribution in [0.2, 0.25) is 0 Å². The van der Waals surface area contributed by atoms with Gasteiger partial charge in [-0.05, 0) is 26.7 Å². The lowest BCUT2D eigenvalue weighted by molar-refractivity contribution is -0.120. The molecule has 1 atom stereocenters. The van der Waals surface area contributed by atoms with E-state index in [0.717, 1.165) is 35.3 Å². The molecule has 1 amide bonds. The lowest BCUT2D eigenvalue weighted by Gasteiger charge is -2.09. The molecule has 1 aromatic heterocycles. The monoisotopic (exact) mass is 286 g/mol. The average Bonchev–Trinajstić information content (AvgIpc) is 2.63. The average molecular weight is 286 g/mol. The van der Waals surface area contributed by atoms with Crippen LogP contribution in [0.1, 0.15) is 33.1 Å². The molecule has 1 aromatic rings. The molecule has 7 heteroatoms. The highest BCUT2D eigenvalue weighted by molar-refractivity contribution is 8.02. The molecule has 0 saturated carbocycles. The van der Waals surface area contributed by atoms with Crippen molar-refractivity contribution in [2.75, 3.05) is 11.9 Å². The molecule has 0 bridgehead atoms. The number of nitrogens with zero attached hydrogens (tertiary/aromatic N) is 2. The third-order valence-electron chi connectivity index (χ3n) is 2.55. The van der Waals surface area contributed by atoms with E-state index in [9.17, 15) is 4.79 Å². The van der Waals surface area contributed by atoms with E-state index < -0.39 is 0 Å². The molecule has 0 radical (unpaired) electrons. The summed E-state index contributed by atoms with van der Waals surface area (Å²) in [6, 6.07) is 0.344. The van der Waals surface area contributed by atoms with Gasteiger partial charge in [-0.2, -0.15) is 0 Å². The molecule has 2 rings (SSSR count). The Balaban J connectivity index is 1.95. The lowest BCUT2D eigenvalue weighted by atomic mass is 10.2. The fourth-order valence-electron chi connectivity index (χ4n) is 1.71. The van der Waals surface area contributed by atoms with Crippen LogP contribution in [0.3, 0.4) is 0 Å². The summed E-state index contributed by atoms with van der Waals surface area (Å²) < 4.78 is 0.861. The van der Waals surface area contributed by atoms with Crippen LogP contribution in [-0.4, -0.2) is 33.9 Å². The van der Waals surface area contributed by atoms with Crippen LogP contribution in [0.25, 0.3) is 0 Å². The normalized spacial score (nSPS) is 20.6. The quantitative estimate of drug-likeness (QED) is 0.887. The Morgan fingerprint density at radius 2 is 2.28 bits per heavy atom. The molecule has 100 valence electrons. The molecule has 1 fully saturated rings. The van der Waals surface area contributed by atoms with Crippen LogP contribution in [-0.2, 0) is 4.79 Å². The summed E-state index contributed by atoms with van der Waals surface area (Å²) in [4.78, 5) is 11.8. The van der Waals surface area contributed by atoms with Crippen molar-refractivity contribution in [1.82, 2.24) is 15.5 Å². The van der Waals surface area contributed by atoms with Crippen LogP contribution in [0.5, 0.6) is 0 Å². The maximum Gasteiger partial charge on any atom is 0.233 e. The first-order valence-electron chi connectivity index (χ1n) is 6.19. The van der Waals surface area contributed by atoms with Gasteiger partial charge in [-0.15, -0.1) is 10.2 Å². The second-order valence-electron chi connectivity index (χ2n) is 4.57. The number of carbonyl (C=O) groups excluding carboxylic acids is 1. The minimum absolute atomic E-state index is 0.0210. The molecule has 0 aromatic carbocycles. The van der Waals surface area contributed by atoms with Gasteiger partial charge in [0.1, 0.15) is 0 Å². The predicted molar refractivity (Wildman–Crippen MR) is 75.2 cm³/mol. The van der Waals surface area contributed by atoms with Gasteiger partial charge in [0.25, 0.3) is 0 Å². The molecule has 1 aliphatic heterocycles. The summed E-state index contributed by atoms with van der Waals surface area (Å²) in [7, 11) is 0. The number of hydrogen-bond donors (Lipinski definition) is 2. The number of carbonyl (C=O) groups is 1. The zero-order valence-corrected chi connectivity index (χ0v) is 12.2. The Kier molecular flexibility index (Phi) is 4.82. The van der Waals surface area contributed by atoms with Crippen molar-refractivity contribution in [3.63, 3.8) is 0 Å². The number of anilines is 1. The van der Waals surface area contributed by atoms with Crippen molar-refractivity contribution < 1.29 is 4.79 Å². The first-order chi connectivity index (χ1) is 8.65. The summed E-state index contributed by atoms with van der Waals surface area (Å²) in [6.45, 7) is 4.92. The Morgan fingerprint density at radius 1 is 1.44 bits per heavy atom. The lowest BCUT2D eigenvalue weighted by Crippen LogP contribution is -2.30. The third kappa shape index (κ3) is 3.84. The van der Waals surface area contributed by atoms with Crippen LogP contribution >= 0.6 is 23.1 Å². The highest BCUT2D eigenvalue weighted by Crippen LogP contribution is 2.32. The fourth-order valence-corrected chi connectivity index (χ4v) is 3.92. The van der Waals surface area contributed by atoms with Crippen LogP contribution in [0.4, 0.5) is 5.13 Å². The molecule has 2 heterocycles. The zero-order chi connectivity index (χ0) is 13.0. The topological polar surface area (TPSA) is 66.9 Å². The SMILES string of the molecule is CC(C)Nc1nnc(S[C@@H]2CCCCNC2=O)s1.